The molecule has 2 aliphatic heterocycles. The van der Waals surface area contributed by atoms with Crippen molar-refractivity contribution in [3.05, 3.63) is 54.1 Å². The number of rotatable bonds is 8. The molecule has 1 aromatic carbocycles. The van der Waals surface area contributed by atoms with Gasteiger partial charge in [-0.25, -0.2) is 9.78 Å². The molecule has 0 saturated carbocycles. The Labute approximate surface area is 184 Å². The molecule has 3 heterocycles. The lowest BCUT2D eigenvalue weighted by atomic mass is 10.0. The first-order valence-electron chi connectivity index (χ1n) is 10.6. The minimum absolute atomic E-state index is 0.0694. The number of hydrogen-bond donors (Lipinski definition) is 3. The zero-order chi connectivity index (χ0) is 22.7. The third kappa shape index (κ3) is 4.79. The van der Waals surface area contributed by atoms with Crippen molar-refractivity contribution >= 4 is 23.7 Å². The number of imidazole rings is 1. The Morgan fingerprint density at radius 1 is 1.25 bits per heavy atom. The smallest absolute Gasteiger partial charge is 0.326 e. The monoisotopic (exact) mass is 439 g/mol. The second-order valence-electron chi connectivity index (χ2n) is 8.14. The summed E-state index contributed by atoms with van der Waals surface area (Å²) in [7, 11) is 0. The number of aliphatic carboxylic acids is 1. The fourth-order valence-corrected chi connectivity index (χ4v) is 4.08. The van der Waals surface area contributed by atoms with E-state index in [4.69, 9.17) is 0 Å². The molecule has 2 fully saturated rings. The van der Waals surface area contributed by atoms with Crippen molar-refractivity contribution in [3.8, 4) is 0 Å². The van der Waals surface area contributed by atoms with Gasteiger partial charge in [-0.3, -0.25) is 14.4 Å². The van der Waals surface area contributed by atoms with E-state index in [0.717, 1.165) is 5.56 Å². The predicted octanol–water partition coefficient (Wildman–Crippen LogP) is -0.0772. The van der Waals surface area contributed by atoms with Crippen LogP contribution in [0.15, 0.2) is 42.9 Å². The van der Waals surface area contributed by atoms with E-state index in [0.29, 0.717) is 31.6 Å². The fourth-order valence-electron chi connectivity index (χ4n) is 4.08. The molecule has 2 saturated heterocycles. The number of amides is 3. The van der Waals surface area contributed by atoms with Crippen LogP contribution in [0.5, 0.6) is 0 Å². The third-order valence-corrected chi connectivity index (χ3v) is 5.78. The largest absolute Gasteiger partial charge is 0.480 e. The highest BCUT2D eigenvalue weighted by Crippen LogP contribution is 2.20. The molecule has 3 atom stereocenters. The molecule has 0 radical (unpaired) electrons. The maximum absolute atomic E-state index is 13.2. The number of β-lactam (4-membered cyclic amide) rings is 1. The van der Waals surface area contributed by atoms with E-state index in [1.54, 1.807) is 6.33 Å². The number of carboxylic acids is 1. The van der Waals surface area contributed by atoms with E-state index in [1.807, 2.05) is 41.1 Å². The number of hydrogen-bond acceptors (Lipinski definition) is 5. The zero-order valence-corrected chi connectivity index (χ0v) is 17.4. The molecule has 2 aliphatic rings. The van der Waals surface area contributed by atoms with Gasteiger partial charge in [-0.2, -0.15) is 0 Å². The minimum atomic E-state index is -1.06. The minimum Gasteiger partial charge on any atom is -0.480 e. The van der Waals surface area contributed by atoms with Crippen LogP contribution in [-0.4, -0.2) is 67.9 Å². The first kappa shape index (κ1) is 21.5. The Hall–Kier alpha value is -3.69. The molecule has 168 valence electrons. The van der Waals surface area contributed by atoms with Gasteiger partial charge in [0, 0.05) is 25.7 Å². The lowest BCUT2D eigenvalue weighted by Gasteiger charge is -2.30. The van der Waals surface area contributed by atoms with Gasteiger partial charge in [-0.15, -0.1) is 0 Å². The van der Waals surface area contributed by atoms with E-state index in [2.05, 4.69) is 15.6 Å². The normalized spacial score (nSPS) is 20.9. The Balaban J connectivity index is 1.48. The Morgan fingerprint density at radius 2 is 2.00 bits per heavy atom. The molecule has 10 nitrogen and oxygen atoms in total. The number of benzene rings is 1. The van der Waals surface area contributed by atoms with Crippen LogP contribution < -0.4 is 10.6 Å². The van der Waals surface area contributed by atoms with Gasteiger partial charge in [-0.1, -0.05) is 30.3 Å². The number of nitrogens with one attached hydrogen (secondary N) is 2. The van der Waals surface area contributed by atoms with Crippen LogP contribution in [-0.2, 0) is 32.1 Å². The molecular formula is C22H25N5O5. The highest BCUT2D eigenvalue weighted by atomic mass is 16.4. The molecule has 0 unspecified atom stereocenters. The molecule has 0 aliphatic carbocycles. The van der Waals surface area contributed by atoms with E-state index in [-0.39, 0.29) is 18.7 Å². The van der Waals surface area contributed by atoms with Crippen LogP contribution >= 0.6 is 0 Å². The molecule has 2 aromatic rings. The summed E-state index contributed by atoms with van der Waals surface area (Å²) >= 11 is 0. The maximum Gasteiger partial charge on any atom is 0.326 e. The summed E-state index contributed by atoms with van der Waals surface area (Å²) in [5, 5.41) is 14.6. The number of carbonyl (C=O) groups is 4. The lowest BCUT2D eigenvalue weighted by molar-refractivity contribution is -0.149. The van der Waals surface area contributed by atoms with E-state index in [1.165, 1.54) is 4.90 Å². The first-order valence-corrected chi connectivity index (χ1v) is 10.6. The van der Waals surface area contributed by atoms with Crippen molar-refractivity contribution < 1.29 is 24.3 Å². The SMILES string of the molecule is O=C1C[C@@H](C(=O)N[C@@H](Cc2cn(Cc3ccccc3)cn2)C(=O)N2CCC[C@H]2C(=O)O)N1. The summed E-state index contributed by atoms with van der Waals surface area (Å²) in [6, 6.07) is 7.28. The predicted molar refractivity (Wildman–Crippen MR) is 112 cm³/mol. The van der Waals surface area contributed by atoms with Crippen molar-refractivity contribution in [1.82, 2.24) is 25.1 Å². The number of nitrogens with zero attached hydrogens (tertiary/aromatic N) is 3. The molecular weight excluding hydrogens is 414 g/mol. The third-order valence-electron chi connectivity index (χ3n) is 5.78. The topological polar surface area (TPSA) is 134 Å². The molecule has 4 rings (SSSR count). The van der Waals surface area contributed by atoms with Crippen LogP contribution in [0.1, 0.15) is 30.5 Å². The summed E-state index contributed by atoms with van der Waals surface area (Å²) in [5.74, 6) is -2.19. The number of likely N-dealkylation sites (tertiary alicyclic amines) is 1. The van der Waals surface area contributed by atoms with Crippen molar-refractivity contribution in [1.29, 1.82) is 0 Å². The molecule has 3 amide bonds. The number of carbonyl (C=O) groups excluding carboxylic acids is 3. The quantitative estimate of drug-likeness (QED) is 0.493. The van der Waals surface area contributed by atoms with Gasteiger partial charge in [0.05, 0.1) is 18.4 Å². The summed E-state index contributed by atoms with van der Waals surface area (Å²) in [5.41, 5.74) is 1.70. The summed E-state index contributed by atoms with van der Waals surface area (Å²) < 4.78 is 1.89. The highest BCUT2D eigenvalue weighted by molar-refractivity contribution is 5.99. The van der Waals surface area contributed by atoms with E-state index in [9.17, 15) is 24.3 Å². The Morgan fingerprint density at radius 3 is 2.69 bits per heavy atom. The molecule has 1 aromatic heterocycles. The van der Waals surface area contributed by atoms with Gasteiger partial charge in [0.25, 0.3) is 0 Å². The molecule has 0 bridgehead atoms. The van der Waals surface area contributed by atoms with Crippen LogP contribution in [0.3, 0.4) is 0 Å². The van der Waals surface area contributed by atoms with Gasteiger partial charge in [0.1, 0.15) is 18.1 Å². The first-order chi connectivity index (χ1) is 15.4. The van der Waals surface area contributed by atoms with Crippen LogP contribution in [0, 0.1) is 0 Å². The highest BCUT2D eigenvalue weighted by Gasteiger charge is 2.39. The van der Waals surface area contributed by atoms with Gasteiger partial charge in [0.2, 0.25) is 17.7 Å². The van der Waals surface area contributed by atoms with Crippen molar-refractivity contribution in [2.75, 3.05) is 6.54 Å². The molecule has 32 heavy (non-hydrogen) atoms. The van der Waals surface area contributed by atoms with Gasteiger partial charge in [-0.05, 0) is 18.4 Å². The molecule has 3 N–H and O–H groups in total. The van der Waals surface area contributed by atoms with Gasteiger partial charge < -0.3 is 25.2 Å². The van der Waals surface area contributed by atoms with Crippen LogP contribution in [0.4, 0.5) is 0 Å². The van der Waals surface area contributed by atoms with E-state index < -0.39 is 35.9 Å². The second-order valence-corrected chi connectivity index (χ2v) is 8.14. The average molecular weight is 439 g/mol. The van der Waals surface area contributed by atoms with Crippen molar-refractivity contribution in [2.45, 2.75) is 50.4 Å². The number of carboxylic acid groups (broad SMARTS) is 1. The van der Waals surface area contributed by atoms with Gasteiger partial charge in [0.15, 0.2) is 0 Å². The zero-order valence-electron chi connectivity index (χ0n) is 17.4. The lowest BCUT2D eigenvalue weighted by Crippen LogP contribution is -2.61. The standard InChI is InChI=1S/C22H25N5O5/c28-19-10-16(24-19)20(29)25-17(21(30)27-8-4-7-18(27)22(31)32)9-15-12-26(13-23-15)11-14-5-2-1-3-6-14/h1-3,5-6,12-13,16-18H,4,7-11H2,(H,24,28)(H,25,29)(H,31,32)/t16-,17-,18-/m0/s1. The fraction of sp³-hybridized carbons (Fsp3) is 0.409. The maximum atomic E-state index is 13.2. The van der Waals surface area contributed by atoms with Crippen molar-refractivity contribution in [3.63, 3.8) is 0 Å². The van der Waals surface area contributed by atoms with Crippen molar-refractivity contribution in [2.24, 2.45) is 0 Å². The average Bonchev–Trinajstić information content (AvgIpc) is 3.41. The Kier molecular flexibility index (Phi) is 6.20. The van der Waals surface area contributed by atoms with Gasteiger partial charge >= 0.3 is 5.97 Å². The second kappa shape index (κ2) is 9.21. The molecule has 0 spiro atoms. The van der Waals surface area contributed by atoms with E-state index >= 15 is 0 Å². The summed E-state index contributed by atoms with van der Waals surface area (Å²) in [4.78, 5) is 54.1. The Bertz CT molecular complexity index is 1010. The van der Waals surface area contributed by atoms with Crippen LogP contribution in [0.25, 0.3) is 0 Å². The summed E-state index contributed by atoms with van der Waals surface area (Å²) in [6.07, 6.45) is 4.63. The number of aromatic nitrogens is 2. The summed E-state index contributed by atoms with van der Waals surface area (Å²) in [6.45, 7) is 0.935. The molecule has 10 heteroatoms. The van der Waals surface area contributed by atoms with Crippen LogP contribution in [0.2, 0.25) is 0 Å².